The number of piperazine rings is 1. The predicted octanol–water partition coefficient (Wildman–Crippen LogP) is 2.28. The molecule has 0 aliphatic carbocycles. The highest BCUT2D eigenvalue weighted by Gasteiger charge is 2.21. The molecule has 0 bridgehead atoms. The van der Waals surface area contributed by atoms with Crippen LogP contribution in [-0.4, -0.2) is 58.2 Å². The van der Waals surface area contributed by atoms with E-state index in [0.717, 1.165) is 43.3 Å². The zero-order valence-corrected chi connectivity index (χ0v) is 13.7. The molecule has 1 fully saturated rings. The topological polar surface area (TPSA) is 44.3 Å². The van der Waals surface area contributed by atoms with E-state index in [1.54, 1.807) is 0 Å². The van der Waals surface area contributed by atoms with E-state index >= 15 is 0 Å². The van der Waals surface area contributed by atoms with Crippen LogP contribution >= 0.6 is 11.5 Å². The quantitative estimate of drug-likeness (QED) is 0.836. The SMILES string of the molecule is CCCNc1snnc1CN1CCN(C(C)CC)CC1. The minimum atomic E-state index is 0.708. The molecule has 1 aromatic rings. The number of hydrogen-bond acceptors (Lipinski definition) is 6. The van der Waals surface area contributed by atoms with Crippen LogP contribution in [0.1, 0.15) is 39.3 Å². The Hall–Kier alpha value is -0.720. The van der Waals surface area contributed by atoms with E-state index in [4.69, 9.17) is 0 Å². The van der Waals surface area contributed by atoms with Crippen LogP contribution in [0.2, 0.25) is 0 Å². The molecule has 0 saturated carbocycles. The van der Waals surface area contributed by atoms with E-state index < -0.39 is 0 Å². The lowest BCUT2D eigenvalue weighted by atomic mass is 10.2. The molecule has 1 unspecified atom stereocenters. The van der Waals surface area contributed by atoms with E-state index in [1.165, 1.54) is 31.0 Å². The van der Waals surface area contributed by atoms with Gasteiger partial charge in [0, 0.05) is 56.8 Å². The van der Waals surface area contributed by atoms with Crippen molar-refractivity contribution < 1.29 is 0 Å². The highest BCUT2D eigenvalue weighted by atomic mass is 32.1. The van der Waals surface area contributed by atoms with Gasteiger partial charge in [-0.05, 0) is 19.8 Å². The molecule has 0 radical (unpaired) electrons. The molecule has 1 saturated heterocycles. The van der Waals surface area contributed by atoms with Crippen LogP contribution < -0.4 is 5.32 Å². The zero-order chi connectivity index (χ0) is 14.4. The summed E-state index contributed by atoms with van der Waals surface area (Å²) in [5, 5.41) is 8.86. The first-order chi connectivity index (χ1) is 9.74. The molecule has 0 spiro atoms. The van der Waals surface area contributed by atoms with Crippen molar-refractivity contribution in [2.75, 3.05) is 38.0 Å². The second-order valence-corrected chi connectivity index (χ2v) is 6.30. The summed E-state index contributed by atoms with van der Waals surface area (Å²) in [6, 6.07) is 0.708. The van der Waals surface area contributed by atoms with Crippen molar-refractivity contribution in [3.8, 4) is 0 Å². The molecule has 20 heavy (non-hydrogen) atoms. The van der Waals surface area contributed by atoms with Gasteiger partial charge in [-0.3, -0.25) is 9.80 Å². The Labute approximate surface area is 126 Å². The van der Waals surface area contributed by atoms with Gasteiger partial charge in [0.1, 0.15) is 10.7 Å². The molecule has 1 aromatic heterocycles. The maximum atomic E-state index is 4.28. The lowest BCUT2D eigenvalue weighted by Gasteiger charge is -2.37. The Balaban J connectivity index is 1.82. The van der Waals surface area contributed by atoms with Gasteiger partial charge in [-0.25, -0.2) is 0 Å². The van der Waals surface area contributed by atoms with Crippen LogP contribution in [0.3, 0.4) is 0 Å². The second kappa shape index (κ2) is 7.90. The lowest BCUT2D eigenvalue weighted by molar-refractivity contribution is 0.0957. The summed E-state index contributed by atoms with van der Waals surface area (Å²) in [4.78, 5) is 5.08. The molecule has 0 amide bonds. The molecule has 2 heterocycles. The van der Waals surface area contributed by atoms with Crippen molar-refractivity contribution in [2.45, 2.75) is 46.2 Å². The summed E-state index contributed by atoms with van der Waals surface area (Å²) >= 11 is 1.48. The minimum absolute atomic E-state index is 0.708. The molecular formula is C14H27N5S. The Kier molecular flexibility index (Phi) is 6.19. The van der Waals surface area contributed by atoms with E-state index in [9.17, 15) is 0 Å². The molecular weight excluding hydrogens is 270 g/mol. The Morgan fingerprint density at radius 2 is 2.00 bits per heavy atom. The zero-order valence-electron chi connectivity index (χ0n) is 12.9. The number of rotatable bonds is 7. The van der Waals surface area contributed by atoms with Gasteiger partial charge in [-0.15, -0.1) is 5.10 Å². The summed E-state index contributed by atoms with van der Waals surface area (Å²) in [7, 11) is 0. The molecule has 0 aromatic carbocycles. The fourth-order valence-electron chi connectivity index (χ4n) is 2.52. The fraction of sp³-hybridized carbons (Fsp3) is 0.857. The third-order valence-electron chi connectivity index (χ3n) is 4.09. The summed E-state index contributed by atoms with van der Waals surface area (Å²) in [5.74, 6) is 0. The largest absolute Gasteiger partial charge is 0.374 e. The van der Waals surface area contributed by atoms with Crippen molar-refractivity contribution in [2.24, 2.45) is 0 Å². The number of aromatic nitrogens is 2. The molecule has 5 nitrogen and oxygen atoms in total. The highest BCUT2D eigenvalue weighted by Crippen LogP contribution is 2.20. The third kappa shape index (κ3) is 4.14. The number of nitrogens with zero attached hydrogens (tertiary/aromatic N) is 4. The Morgan fingerprint density at radius 1 is 1.25 bits per heavy atom. The second-order valence-electron chi connectivity index (χ2n) is 5.54. The normalized spacial score (nSPS) is 19.1. The molecule has 1 aliphatic rings. The van der Waals surface area contributed by atoms with Crippen LogP contribution in [0.5, 0.6) is 0 Å². The first kappa shape index (κ1) is 15.7. The van der Waals surface area contributed by atoms with Gasteiger partial charge < -0.3 is 5.32 Å². The smallest absolute Gasteiger partial charge is 0.134 e. The summed E-state index contributed by atoms with van der Waals surface area (Å²) in [6.45, 7) is 13.3. The van der Waals surface area contributed by atoms with Gasteiger partial charge in [-0.2, -0.15) is 0 Å². The Bertz CT molecular complexity index is 387. The minimum Gasteiger partial charge on any atom is -0.374 e. The van der Waals surface area contributed by atoms with E-state index in [2.05, 4.69) is 45.5 Å². The molecule has 1 N–H and O–H groups in total. The summed E-state index contributed by atoms with van der Waals surface area (Å²) < 4.78 is 4.09. The molecule has 114 valence electrons. The van der Waals surface area contributed by atoms with Crippen LogP contribution in [0.4, 0.5) is 5.00 Å². The number of anilines is 1. The predicted molar refractivity (Wildman–Crippen MR) is 85.3 cm³/mol. The average molecular weight is 297 g/mol. The van der Waals surface area contributed by atoms with Gasteiger partial charge in [0.15, 0.2) is 0 Å². The number of hydrogen-bond donors (Lipinski definition) is 1. The van der Waals surface area contributed by atoms with Crippen LogP contribution in [0.25, 0.3) is 0 Å². The van der Waals surface area contributed by atoms with Gasteiger partial charge in [0.05, 0.1) is 0 Å². The molecule has 2 rings (SSSR count). The Morgan fingerprint density at radius 3 is 2.65 bits per heavy atom. The van der Waals surface area contributed by atoms with E-state index in [-0.39, 0.29) is 0 Å². The van der Waals surface area contributed by atoms with E-state index in [1.807, 2.05) is 0 Å². The maximum Gasteiger partial charge on any atom is 0.134 e. The maximum absolute atomic E-state index is 4.28. The van der Waals surface area contributed by atoms with Crippen molar-refractivity contribution >= 4 is 16.5 Å². The van der Waals surface area contributed by atoms with Crippen molar-refractivity contribution in [3.05, 3.63) is 5.69 Å². The standard InChI is InChI=1S/C14H27N5S/c1-4-6-15-14-13(16-17-20-14)11-18-7-9-19(10-8-18)12(3)5-2/h12,15H,4-11H2,1-3H3. The third-order valence-corrected chi connectivity index (χ3v) is 4.81. The van der Waals surface area contributed by atoms with E-state index in [0.29, 0.717) is 6.04 Å². The highest BCUT2D eigenvalue weighted by molar-refractivity contribution is 7.10. The van der Waals surface area contributed by atoms with Gasteiger partial charge >= 0.3 is 0 Å². The van der Waals surface area contributed by atoms with Crippen LogP contribution in [0.15, 0.2) is 0 Å². The van der Waals surface area contributed by atoms with Crippen LogP contribution in [0, 0.1) is 0 Å². The van der Waals surface area contributed by atoms with Gasteiger partial charge in [0.25, 0.3) is 0 Å². The fourth-order valence-corrected chi connectivity index (χ4v) is 3.12. The van der Waals surface area contributed by atoms with Gasteiger partial charge in [-0.1, -0.05) is 18.3 Å². The monoisotopic (exact) mass is 297 g/mol. The van der Waals surface area contributed by atoms with Gasteiger partial charge in [0.2, 0.25) is 0 Å². The van der Waals surface area contributed by atoms with Crippen LogP contribution in [-0.2, 0) is 6.54 Å². The average Bonchev–Trinajstić information content (AvgIpc) is 2.92. The lowest BCUT2D eigenvalue weighted by Crippen LogP contribution is -2.49. The first-order valence-electron chi connectivity index (χ1n) is 7.76. The molecule has 1 atom stereocenters. The molecule has 1 aliphatic heterocycles. The summed E-state index contributed by atoms with van der Waals surface area (Å²) in [6.07, 6.45) is 2.37. The molecule has 6 heteroatoms. The summed E-state index contributed by atoms with van der Waals surface area (Å²) in [5.41, 5.74) is 1.11. The van der Waals surface area contributed by atoms with Crippen molar-refractivity contribution in [1.29, 1.82) is 0 Å². The van der Waals surface area contributed by atoms with Crippen molar-refractivity contribution in [1.82, 2.24) is 19.4 Å². The number of nitrogens with one attached hydrogen (secondary N) is 1. The first-order valence-corrected chi connectivity index (χ1v) is 8.53. The van der Waals surface area contributed by atoms with Crippen molar-refractivity contribution in [3.63, 3.8) is 0 Å².